The maximum Gasteiger partial charge on any atom is 0.229 e. The highest BCUT2D eigenvalue weighted by Crippen LogP contribution is 2.61. The predicted molar refractivity (Wildman–Crippen MR) is 75.6 cm³/mol. The van der Waals surface area contributed by atoms with Crippen molar-refractivity contribution in [2.75, 3.05) is 7.05 Å². The summed E-state index contributed by atoms with van der Waals surface area (Å²) >= 11 is 0. The fourth-order valence-corrected chi connectivity index (χ4v) is 5.96. The first kappa shape index (κ1) is 12.7. The third-order valence-corrected chi connectivity index (χ3v) is 6.83. The lowest BCUT2D eigenvalue weighted by molar-refractivity contribution is -0.162. The van der Waals surface area contributed by atoms with Gasteiger partial charge in [-0.25, -0.2) is 0 Å². The van der Waals surface area contributed by atoms with Crippen LogP contribution in [0.3, 0.4) is 0 Å². The first-order valence-corrected chi connectivity index (χ1v) is 8.26. The average Bonchev–Trinajstić information content (AvgIpc) is 2.35. The molecule has 5 aliphatic rings. The minimum Gasteiger partial charge on any atom is -0.327 e. The van der Waals surface area contributed by atoms with Crippen LogP contribution in [0, 0.1) is 34.5 Å². The van der Waals surface area contributed by atoms with Crippen LogP contribution in [0.4, 0.5) is 0 Å². The molecule has 0 heterocycles. The van der Waals surface area contributed by atoms with Crippen LogP contribution in [-0.2, 0) is 4.79 Å². The molecular formula is C17H24N2O. The molecule has 0 aromatic heterocycles. The lowest BCUT2D eigenvalue weighted by atomic mass is 9.49. The van der Waals surface area contributed by atoms with Crippen LogP contribution in [0.25, 0.3) is 0 Å². The van der Waals surface area contributed by atoms with Crippen LogP contribution in [0.2, 0.25) is 0 Å². The molecule has 20 heavy (non-hydrogen) atoms. The van der Waals surface area contributed by atoms with Gasteiger partial charge in [-0.15, -0.1) is 0 Å². The number of amides is 1. The molecule has 0 aromatic carbocycles. The average molecular weight is 272 g/mol. The Balaban J connectivity index is 1.61. The largest absolute Gasteiger partial charge is 0.327 e. The van der Waals surface area contributed by atoms with Crippen molar-refractivity contribution in [3.63, 3.8) is 0 Å². The normalized spacial score (nSPS) is 43.7. The Kier molecular flexibility index (Phi) is 2.53. The van der Waals surface area contributed by atoms with E-state index in [0.29, 0.717) is 5.91 Å². The summed E-state index contributed by atoms with van der Waals surface area (Å²) in [6.45, 7) is 0. The zero-order valence-electron chi connectivity index (χ0n) is 12.4. The molecule has 5 rings (SSSR count). The SMILES string of the molecule is CN(C(=O)C12CC3CC(CC(C3)C1)C2)C1(C#N)CCC1. The van der Waals surface area contributed by atoms with Gasteiger partial charge in [0.2, 0.25) is 5.91 Å². The van der Waals surface area contributed by atoms with E-state index in [9.17, 15) is 10.1 Å². The smallest absolute Gasteiger partial charge is 0.229 e. The number of hydrogen-bond donors (Lipinski definition) is 0. The highest BCUT2D eigenvalue weighted by Gasteiger charge is 2.57. The molecule has 0 radical (unpaired) electrons. The topological polar surface area (TPSA) is 44.1 Å². The van der Waals surface area contributed by atoms with E-state index in [1.54, 1.807) is 0 Å². The van der Waals surface area contributed by atoms with Crippen molar-refractivity contribution in [1.29, 1.82) is 5.26 Å². The molecule has 0 aromatic rings. The molecule has 0 atom stereocenters. The highest BCUT2D eigenvalue weighted by atomic mass is 16.2. The van der Waals surface area contributed by atoms with E-state index in [4.69, 9.17) is 0 Å². The van der Waals surface area contributed by atoms with Gasteiger partial charge in [-0.05, 0) is 75.5 Å². The first-order valence-electron chi connectivity index (χ1n) is 8.26. The maximum absolute atomic E-state index is 13.2. The van der Waals surface area contributed by atoms with Crippen molar-refractivity contribution in [3.05, 3.63) is 0 Å². The number of carbonyl (C=O) groups is 1. The zero-order valence-corrected chi connectivity index (χ0v) is 12.4. The van der Waals surface area contributed by atoms with Gasteiger partial charge in [-0.2, -0.15) is 5.26 Å². The van der Waals surface area contributed by atoms with E-state index < -0.39 is 5.54 Å². The van der Waals surface area contributed by atoms with Gasteiger partial charge in [0.1, 0.15) is 5.54 Å². The number of rotatable bonds is 2. The van der Waals surface area contributed by atoms with Crippen LogP contribution in [0.1, 0.15) is 57.8 Å². The second-order valence-corrected chi connectivity index (χ2v) is 8.06. The molecule has 4 bridgehead atoms. The molecule has 3 heteroatoms. The van der Waals surface area contributed by atoms with Crippen LogP contribution in [-0.4, -0.2) is 23.4 Å². The van der Waals surface area contributed by atoms with Gasteiger partial charge in [-0.1, -0.05) is 0 Å². The fourth-order valence-electron chi connectivity index (χ4n) is 5.96. The third-order valence-electron chi connectivity index (χ3n) is 6.83. The molecular weight excluding hydrogens is 248 g/mol. The first-order chi connectivity index (χ1) is 9.57. The monoisotopic (exact) mass is 272 g/mol. The van der Waals surface area contributed by atoms with E-state index >= 15 is 0 Å². The standard InChI is InChI=1S/C17H24N2O/c1-19(17(11-18)3-2-4-17)15(20)16-8-12-5-13(9-16)7-14(6-12)10-16/h12-14H,2-10H2,1H3. The van der Waals surface area contributed by atoms with Gasteiger partial charge < -0.3 is 4.90 Å². The molecule has 5 fully saturated rings. The number of hydrogen-bond acceptors (Lipinski definition) is 2. The van der Waals surface area contributed by atoms with Crippen LogP contribution < -0.4 is 0 Å². The van der Waals surface area contributed by atoms with Gasteiger partial charge in [0.05, 0.1) is 11.5 Å². The van der Waals surface area contributed by atoms with Crippen LogP contribution >= 0.6 is 0 Å². The molecule has 0 N–H and O–H groups in total. The summed E-state index contributed by atoms with van der Waals surface area (Å²) in [7, 11) is 1.89. The van der Waals surface area contributed by atoms with E-state index in [2.05, 4.69) is 6.07 Å². The summed E-state index contributed by atoms with van der Waals surface area (Å²) in [4.78, 5) is 15.0. The lowest BCUT2D eigenvalue weighted by Crippen LogP contribution is -2.60. The van der Waals surface area contributed by atoms with E-state index in [1.165, 1.54) is 19.3 Å². The zero-order chi connectivity index (χ0) is 14.0. The van der Waals surface area contributed by atoms with Crippen LogP contribution in [0.15, 0.2) is 0 Å². The summed E-state index contributed by atoms with van der Waals surface area (Å²) in [6, 6.07) is 2.43. The van der Waals surface area contributed by atoms with Crippen molar-refractivity contribution in [2.24, 2.45) is 23.2 Å². The Morgan fingerprint density at radius 2 is 1.60 bits per heavy atom. The van der Waals surface area contributed by atoms with Gasteiger partial charge >= 0.3 is 0 Å². The second kappa shape index (κ2) is 4.00. The molecule has 0 spiro atoms. The molecule has 0 saturated heterocycles. The Bertz CT molecular complexity index is 450. The van der Waals surface area contributed by atoms with Crippen molar-refractivity contribution in [2.45, 2.75) is 63.3 Å². The van der Waals surface area contributed by atoms with E-state index in [-0.39, 0.29) is 5.41 Å². The van der Waals surface area contributed by atoms with Gasteiger partial charge in [0.15, 0.2) is 0 Å². The highest BCUT2D eigenvalue weighted by molar-refractivity contribution is 5.84. The Hall–Kier alpha value is -1.04. The summed E-state index contributed by atoms with van der Waals surface area (Å²) in [5, 5.41) is 9.49. The molecule has 0 unspecified atom stereocenters. The number of nitrogens with zero attached hydrogens (tertiary/aromatic N) is 2. The van der Waals surface area contributed by atoms with E-state index in [1.807, 2.05) is 11.9 Å². The maximum atomic E-state index is 13.2. The van der Waals surface area contributed by atoms with Crippen molar-refractivity contribution in [3.8, 4) is 6.07 Å². The molecule has 5 aliphatic carbocycles. The fraction of sp³-hybridized carbons (Fsp3) is 0.882. The Labute approximate surface area is 121 Å². The molecule has 1 amide bonds. The molecule has 0 aliphatic heterocycles. The van der Waals surface area contributed by atoms with Crippen molar-refractivity contribution < 1.29 is 4.79 Å². The molecule has 3 nitrogen and oxygen atoms in total. The summed E-state index contributed by atoms with van der Waals surface area (Å²) in [5.41, 5.74) is -0.566. The summed E-state index contributed by atoms with van der Waals surface area (Å²) < 4.78 is 0. The number of carbonyl (C=O) groups excluding carboxylic acids is 1. The van der Waals surface area contributed by atoms with Gasteiger partial charge in [-0.3, -0.25) is 4.79 Å². The summed E-state index contributed by atoms with van der Waals surface area (Å²) in [5.74, 6) is 2.67. The Morgan fingerprint density at radius 1 is 1.10 bits per heavy atom. The minimum absolute atomic E-state index is 0.0943. The van der Waals surface area contributed by atoms with E-state index in [0.717, 1.165) is 56.3 Å². The lowest BCUT2D eigenvalue weighted by Gasteiger charge is -2.58. The molecule has 5 saturated carbocycles. The Morgan fingerprint density at radius 3 is 1.95 bits per heavy atom. The molecule has 108 valence electrons. The van der Waals surface area contributed by atoms with Crippen molar-refractivity contribution in [1.82, 2.24) is 4.90 Å². The summed E-state index contributed by atoms with van der Waals surface area (Å²) in [6.07, 6.45) is 10.2. The van der Waals surface area contributed by atoms with Gasteiger partial charge in [0, 0.05) is 7.05 Å². The van der Waals surface area contributed by atoms with Crippen molar-refractivity contribution >= 4 is 5.91 Å². The van der Waals surface area contributed by atoms with Crippen LogP contribution in [0.5, 0.6) is 0 Å². The predicted octanol–water partition coefficient (Wildman–Crippen LogP) is 3.11. The quantitative estimate of drug-likeness (QED) is 0.775. The second-order valence-electron chi connectivity index (χ2n) is 8.06. The number of nitriles is 1. The minimum atomic E-state index is -0.472. The third kappa shape index (κ3) is 1.54. The van der Waals surface area contributed by atoms with Gasteiger partial charge in [0.25, 0.3) is 0 Å².